The molecule has 19 heavy (non-hydrogen) atoms. The molecule has 1 heterocycles. The lowest BCUT2D eigenvalue weighted by Crippen LogP contribution is -2.23. The Hall–Kier alpha value is -0.650. The minimum atomic E-state index is 0.266. The molecule has 0 aliphatic heterocycles. The van der Waals surface area contributed by atoms with Gasteiger partial charge in [-0.15, -0.1) is 0 Å². The summed E-state index contributed by atoms with van der Waals surface area (Å²) >= 11 is 7.13. The second kappa shape index (κ2) is 6.68. The molecule has 3 nitrogen and oxygen atoms in total. The van der Waals surface area contributed by atoms with E-state index in [1.165, 1.54) is 5.56 Å². The van der Waals surface area contributed by atoms with Crippen molar-refractivity contribution in [3.05, 3.63) is 50.7 Å². The first-order chi connectivity index (χ1) is 9.10. The van der Waals surface area contributed by atoms with E-state index in [0.717, 1.165) is 27.6 Å². The van der Waals surface area contributed by atoms with E-state index in [0.29, 0.717) is 0 Å². The van der Waals surface area contributed by atoms with Crippen LogP contribution in [0.25, 0.3) is 0 Å². The van der Waals surface area contributed by atoms with Crippen molar-refractivity contribution >= 4 is 31.9 Å². The fourth-order valence-electron chi connectivity index (χ4n) is 2.10. The van der Waals surface area contributed by atoms with E-state index in [9.17, 15) is 0 Å². The van der Waals surface area contributed by atoms with Crippen LogP contribution >= 0.6 is 31.9 Å². The van der Waals surface area contributed by atoms with Crippen LogP contribution in [0.5, 0.6) is 0 Å². The Bertz CT molecular complexity index is 551. The highest BCUT2D eigenvalue weighted by Gasteiger charge is 2.15. The maximum Gasteiger partial charge on any atom is 0.0643 e. The maximum atomic E-state index is 4.46. The highest BCUT2D eigenvalue weighted by molar-refractivity contribution is 9.11. The molecule has 0 aliphatic carbocycles. The Balaban J connectivity index is 2.23. The van der Waals surface area contributed by atoms with Gasteiger partial charge in [-0.05, 0) is 30.3 Å². The van der Waals surface area contributed by atoms with Crippen LogP contribution in [0.15, 0.2) is 39.4 Å². The number of benzene rings is 1. The average molecular weight is 387 g/mol. The zero-order valence-corrected chi connectivity index (χ0v) is 14.2. The molecule has 2 rings (SSSR count). The molecule has 0 aliphatic rings. The SMILES string of the molecule is CCNC(Cc1ccn(C)n1)c1ccc(Br)cc1Br. The molecule has 0 saturated heterocycles. The second-order valence-corrected chi connectivity index (χ2v) is 6.23. The number of halogens is 2. The smallest absolute Gasteiger partial charge is 0.0643 e. The van der Waals surface area contributed by atoms with E-state index < -0.39 is 0 Å². The largest absolute Gasteiger partial charge is 0.310 e. The van der Waals surface area contributed by atoms with Crippen molar-refractivity contribution in [3.8, 4) is 0 Å². The predicted molar refractivity (Wildman–Crippen MR) is 85.2 cm³/mol. The minimum absolute atomic E-state index is 0.266. The zero-order chi connectivity index (χ0) is 13.8. The van der Waals surface area contributed by atoms with Gasteiger partial charge in [0.25, 0.3) is 0 Å². The van der Waals surface area contributed by atoms with E-state index in [1.54, 1.807) is 0 Å². The van der Waals surface area contributed by atoms with E-state index in [1.807, 2.05) is 17.9 Å². The van der Waals surface area contributed by atoms with Gasteiger partial charge in [-0.1, -0.05) is 44.8 Å². The Morgan fingerprint density at radius 2 is 2.11 bits per heavy atom. The molecule has 102 valence electrons. The lowest BCUT2D eigenvalue weighted by atomic mass is 10.0. The van der Waals surface area contributed by atoms with Crippen molar-refractivity contribution < 1.29 is 0 Å². The third-order valence-corrected chi connectivity index (χ3v) is 4.15. The molecule has 0 amide bonds. The lowest BCUT2D eigenvalue weighted by molar-refractivity contribution is 0.538. The van der Waals surface area contributed by atoms with Crippen molar-refractivity contribution in [2.75, 3.05) is 6.54 Å². The first-order valence-corrected chi connectivity index (χ1v) is 7.85. The molecule has 1 unspecified atom stereocenters. The van der Waals surface area contributed by atoms with Gasteiger partial charge in [0, 0.05) is 34.7 Å². The summed E-state index contributed by atoms with van der Waals surface area (Å²) in [7, 11) is 1.95. The van der Waals surface area contributed by atoms with Crippen LogP contribution in [-0.2, 0) is 13.5 Å². The van der Waals surface area contributed by atoms with Crippen molar-refractivity contribution in [2.45, 2.75) is 19.4 Å². The van der Waals surface area contributed by atoms with Gasteiger partial charge in [0.2, 0.25) is 0 Å². The summed E-state index contributed by atoms with van der Waals surface area (Å²) in [6.07, 6.45) is 2.86. The summed E-state index contributed by atoms with van der Waals surface area (Å²) in [5.41, 5.74) is 2.36. The molecule has 1 aromatic carbocycles. The number of aryl methyl sites for hydroxylation is 1. The number of nitrogens with one attached hydrogen (secondary N) is 1. The summed E-state index contributed by atoms with van der Waals surface area (Å²) in [4.78, 5) is 0. The van der Waals surface area contributed by atoms with Crippen LogP contribution in [0.3, 0.4) is 0 Å². The van der Waals surface area contributed by atoms with Crippen LogP contribution in [0.2, 0.25) is 0 Å². The lowest BCUT2D eigenvalue weighted by Gasteiger charge is -2.19. The Labute approximate surface area is 130 Å². The molecular formula is C14H17Br2N3. The number of hydrogen-bond acceptors (Lipinski definition) is 2. The first-order valence-electron chi connectivity index (χ1n) is 6.27. The maximum absolute atomic E-state index is 4.46. The molecule has 1 atom stereocenters. The number of rotatable bonds is 5. The Morgan fingerprint density at radius 1 is 1.32 bits per heavy atom. The minimum Gasteiger partial charge on any atom is -0.310 e. The highest BCUT2D eigenvalue weighted by Crippen LogP contribution is 2.28. The van der Waals surface area contributed by atoms with Crippen LogP contribution < -0.4 is 5.32 Å². The molecular weight excluding hydrogens is 370 g/mol. The zero-order valence-electron chi connectivity index (χ0n) is 11.0. The van der Waals surface area contributed by atoms with Gasteiger partial charge < -0.3 is 5.32 Å². The van der Waals surface area contributed by atoms with Crippen LogP contribution in [0, 0.1) is 0 Å². The number of hydrogen-bond donors (Lipinski definition) is 1. The van der Waals surface area contributed by atoms with E-state index in [-0.39, 0.29) is 6.04 Å². The highest BCUT2D eigenvalue weighted by atomic mass is 79.9. The topological polar surface area (TPSA) is 29.9 Å². The van der Waals surface area contributed by atoms with Crippen molar-refractivity contribution in [1.29, 1.82) is 0 Å². The molecule has 0 spiro atoms. The van der Waals surface area contributed by atoms with E-state index in [4.69, 9.17) is 0 Å². The molecule has 0 fully saturated rings. The molecule has 0 radical (unpaired) electrons. The molecule has 1 aromatic heterocycles. The molecule has 0 saturated carbocycles. The average Bonchev–Trinajstić information content (AvgIpc) is 2.74. The standard InChI is InChI=1S/C14H17Br2N3/c1-3-17-14(9-11-6-7-19(2)18-11)12-5-4-10(15)8-13(12)16/h4-8,14,17H,3,9H2,1-2H3. The Morgan fingerprint density at radius 3 is 2.68 bits per heavy atom. The molecule has 0 bridgehead atoms. The van der Waals surface area contributed by atoms with Crippen LogP contribution in [0.4, 0.5) is 0 Å². The fraction of sp³-hybridized carbons (Fsp3) is 0.357. The van der Waals surface area contributed by atoms with Gasteiger partial charge in [-0.25, -0.2) is 0 Å². The number of nitrogens with zero attached hydrogens (tertiary/aromatic N) is 2. The third-order valence-electron chi connectivity index (χ3n) is 2.97. The van der Waals surface area contributed by atoms with Crippen molar-refractivity contribution in [1.82, 2.24) is 15.1 Å². The quantitative estimate of drug-likeness (QED) is 0.845. The number of likely N-dealkylation sites (N-methyl/N-ethyl adjacent to an activating group) is 1. The van der Waals surface area contributed by atoms with Gasteiger partial charge in [-0.2, -0.15) is 5.10 Å². The number of aromatic nitrogens is 2. The van der Waals surface area contributed by atoms with Gasteiger partial charge in [-0.3, -0.25) is 4.68 Å². The van der Waals surface area contributed by atoms with Crippen LogP contribution in [0.1, 0.15) is 24.2 Å². The summed E-state index contributed by atoms with van der Waals surface area (Å²) in [5, 5.41) is 7.98. The summed E-state index contributed by atoms with van der Waals surface area (Å²) in [6, 6.07) is 8.63. The van der Waals surface area contributed by atoms with Gasteiger partial charge in [0.1, 0.15) is 0 Å². The normalized spacial score (nSPS) is 12.6. The van der Waals surface area contributed by atoms with E-state index in [2.05, 4.69) is 73.5 Å². The predicted octanol–water partition coefficient (Wildman–Crippen LogP) is 3.84. The van der Waals surface area contributed by atoms with Crippen molar-refractivity contribution in [3.63, 3.8) is 0 Å². The summed E-state index contributed by atoms with van der Waals surface area (Å²) in [5.74, 6) is 0. The van der Waals surface area contributed by atoms with Crippen LogP contribution in [-0.4, -0.2) is 16.3 Å². The first kappa shape index (κ1) is 14.8. The monoisotopic (exact) mass is 385 g/mol. The second-order valence-electron chi connectivity index (χ2n) is 4.46. The van der Waals surface area contributed by atoms with E-state index >= 15 is 0 Å². The third kappa shape index (κ3) is 3.91. The van der Waals surface area contributed by atoms with Gasteiger partial charge in [0.15, 0.2) is 0 Å². The molecule has 2 aromatic rings. The Kier molecular flexibility index (Phi) is 5.19. The molecule has 5 heteroatoms. The molecule has 1 N–H and O–H groups in total. The van der Waals surface area contributed by atoms with Crippen molar-refractivity contribution in [2.24, 2.45) is 7.05 Å². The van der Waals surface area contributed by atoms with Gasteiger partial charge in [0.05, 0.1) is 5.69 Å². The summed E-state index contributed by atoms with van der Waals surface area (Å²) in [6.45, 7) is 3.05. The van der Waals surface area contributed by atoms with Gasteiger partial charge >= 0.3 is 0 Å². The summed E-state index contributed by atoms with van der Waals surface area (Å²) < 4.78 is 4.04. The fourth-order valence-corrected chi connectivity index (χ4v) is 3.43.